The molecular weight excluding hydrogens is 489 g/mol. The maximum Gasteiger partial charge on any atom is 0.243 e. The second-order valence-electron chi connectivity index (χ2n) is 6.87. The number of carbonyl (C=O) groups excluding carboxylic acids is 1. The summed E-state index contributed by atoms with van der Waals surface area (Å²) in [5, 5.41) is 4.38. The molecule has 30 heavy (non-hydrogen) atoms. The molecule has 0 aliphatic carbocycles. The molecule has 1 amide bonds. The normalized spacial score (nSPS) is 17.9. The third-order valence-electron chi connectivity index (χ3n) is 4.89. The van der Waals surface area contributed by atoms with Crippen molar-refractivity contribution in [1.82, 2.24) is 9.29 Å². The predicted molar refractivity (Wildman–Crippen MR) is 121 cm³/mol. The van der Waals surface area contributed by atoms with E-state index in [0.29, 0.717) is 45.1 Å². The molecule has 2 aromatic carbocycles. The predicted octanol–water partition coefficient (Wildman–Crippen LogP) is 5.30. The molecule has 4 rings (SSSR count). The summed E-state index contributed by atoms with van der Waals surface area (Å²) in [5.41, 5.74) is 0.528. The van der Waals surface area contributed by atoms with Gasteiger partial charge in [-0.1, -0.05) is 46.1 Å². The fraction of sp³-hybridized carbons (Fsp3) is 0.263. The molecule has 1 aromatic heterocycles. The summed E-state index contributed by atoms with van der Waals surface area (Å²) in [7, 11) is -3.70. The lowest BCUT2D eigenvalue weighted by atomic mass is 9.99. The van der Waals surface area contributed by atoms with Gasteiger partial charge in [-0.15, -0.1) is 0 Å². The Morgan fingerprint density at radius 1 is 1.13 bits per heavy atom. The van der Waals surface area contributed by atoms with Gasteiger partial charge in [0.05, 0.1) is 25.6 Å². The number of halogens is 3. The summed E-state index contributed by atoms with van der Waals surface area (Å²) in [6.07, 6.45) is 1.18. The van der Waals surface area contributed by atoms with Crippen molar-refractivity contribution >= 4 is 77.4 Å². The van der Waals surface area contributed by atoms with Gasteiger partial charge in [0.15, 0.2) is 5.13 Å². The maximum absolute atomic E-state index is 12.9. The van der Waals surface area contributed by atoms with E-state index in [0.717, 1.165) is 4.70 Å². The molecule has 0 spiro atoms. The van der Waals surface area contributed by atoms with Crippen molar-refractivity contribution in [3.05, 3.63) is 51.5 Å². The number of nitrogens with zero attached hydrogens (tertiary/aromatic N) is 2. The average molecular weight is 505 g/mol. The third-order valence-corrected chi connectivity index (χ3v) is 8.75. The number of aromatic nitrogens is 1. The Morgan fingerprint density at radius 3 is 2.60 bits per heavy atom. The lowest BCUT2D eigenvalue weighted by Gasteiger charge is -2.31. The molecule has 2 heterocycles. The van der Waals surface area contributed by atoms with Gasteiger partial charge in [-0.05, 0) is 49.2 Å². The first-order valence-electron chi connectivity index (χ1n) is 9.07. The van der Waals surface area contributed by atoms with Crippen molar-refractivity contribution in [2.24, 2.45) is 5.92 Å². The summed E-state index contributed by atoms with van der Waals surface area (Å²) in [6.45, 7) is 0.470. The van der Waals surface area contributed by atoms with E-state index in [2.05, 4.69) is 10.3 Å². The first-order chi connectivity index (χ1) is 14.3. The van der Waals surface area contributed by atoms with Gasteiger partial charge < -0.3 is 5.32 Å². The highest BCUT2D eigenvalue weighted by Gasteiger charge is 2.33. The van der Waals surface area contributed by atoms with Crippen molar-refractivity contribution in [2.45, 2.75) is 17.7 Å². The Morgan fingerprint density at radius 2 is 1.87 bits per heavy atom. The van der Waals surface area contributed by atoms with Gasteiger partial charge in [0.1, 0.15) is 5.52 Å². The van der Waals surface area contributed by atoms with Crippen LogP contribution in [0.15, 0.2) is 41.3 Å². The molecule has 1 aliphatic heterocycles. The summed E-state index contributed by atoms with van der Waals surface area (Å²) in [5.74, 6) is -0.751. The molecule has 1 unspecified atom stereocenters. The highest BCUT2D eigenvalue weighted by Crippen LogP contribution is 2.35. The van der Waals surface area contributed by atoms with Gasteiger partial charge in [0.2, 0.25) is 15.9 Å². The Labute approximate surface area is 192 Å². The molecule has 1 fully saturated rings. The van der Waals surface area contributed by atoms with E-state index in [1.165, 1.54) is 39.9 Å². The summed E-state index contributed by atoms with van der Waals surface area (Å²) in [4.78, 5) is 17.3. The molecule has 1 saturated heterocycles. The monoisotopic (exact) mass is 503 g/mol. The number of benzene rings is 2. The summed E-state index contributed by atoms with van der Waals surface area (Å²) < 4.78 is 28.0. The minimum atomic E-state index is -3.70. The highest BCUT2D eigenvalue weighted by atomic mass is 35.5. The minimum Gasteiger partial charge on any atom is -0.302 e. The van der Waals surface area contributed by atoms with Gasteiger partial charge in [0.25, 0.3) is 0 Å². The van der Waals surface area contributed by atoms with Crippen LogP contribution in [0, 0.1) is 5.92 Å². The average Bonchev–Trinajstić information content (AvgIpc) is 3.14. The number of carbonyl (C=O) groups is 1. The number of anilines is 1. The van der Waals surface area contributed by atoms with Crippen molar-refractivity contribution in [3.8, 4) is 0 Å². The number of fused-ring (bicyclic) bond motifs is 1. The smallest absolute Gasteiger partial charge is 0.243 e. The van der Waals surface area contributed by atoms with Crippen LogP contribution in [0.1, 0.15) is 12.8 Å². The number of piperidine rings is 1. The molecule has 0 saturated carbocycles. The van der Waals surface area contributed by atoms with Gasteiger partial charge in [0, 0.05) is 18.1 Å². The Hall–Kier alpha value is -1.42. The molecule has 158 valence electrons. The second-order valence-corrected chi connectivity index (χ2v) is 11.1. The van der Waals surface area contributed by atoms with Crippen LogP contribution in [-0.4, -0.2) is 36.7 Å². The molecular formula is C19H16Cl3N3O3S2. The standard InChI is InChI=1S/C19H16Cl3N3O3S2/c20-12-3-5-13(6-4-12)30(27,28)25-9-1-2-11(10-25)18(26)24-19-23-17-15(29-19)8-7-14(21)16(17)22/h3-8,11H,1-2,9-10H2,(H,23,24,26). The van der Waals surface area contributed by atoms with Crippen LogP contribution < -0.4 is 5.32 Å². The first kappa shape index (κ1) is 21.8. The zero-order chi connectivity index (χ0) is 21.5. The molecule has 11 heteroatoms. The fourth-order valence-electron chi connectivity index (χ4n) is 3.33. The largest absolute Gasteiger partial charge is 0.302 e. The van der Waals surface area contributed by atoms with Gasteiger partial charge in [-0.25, -0.2) is 13.4 Å². The number of hydrogen-bond donors (Lipinski definition) is 1. The molecule has 6 nitrogen and oxygen atoms in total. The fourth-order valence-corrected chi connectivity index (χ4v) is 6.27. The Balaban J connectivity index is 1.50. The van der Waals surface area contributed by atoms with Crippen molar-refractivity contribution in [1.29, 1.82) is 0 Å². The number of hydrogen-bond acceptors (Lipinski definition) is 5. The van der Waals surface area contributed by atoms with Crippen LogP contribution in [-0.2, 0) is 14.8 Å². The molecule has 0 bridgehead atoms. The number of amides is 1. The SMILES string of the molecule is O=C(Nc1nc2c(Cl)c(Cl)ccc2s1)C1CCCN(S(=O)(=O)c2ccc(Cl)cc2)C1. The molecule has 0 radical (unpaired) electrons. The van der Waals surface area contributed by atoms with Gasteiger partial charge in [-0.2, -0.15) is 4.31 Å². The number of sulfonamides is 1. The van der Waals surface area contributed by atoms with E-state index >= 15 is 0 Å². The van der Waals surface area contributed by atoms with E-state index in [-0.39, 0.29) is 17.3 Å². The number of thiazole rings is 1. The quantitative estimate of drug-likeness (QED) is 0.523. The number of nitrogens with one attached hydrogen (secondary N) is 1. The lowest BCUT2D eigenvalue weighted by molar-refractivity contribution is -0.120. The summed E-state index contributed by atoms with van der Waals surface area (Å²) in [6, 6.07) is 9.48. The van der Waals surface area contributed by atoms with Crippen LogP contribution in [0.3, 0.4) is 0 Å². The lowest BCUT2D eigenvalue weighted by Crippen LogP contribution is -2.43. The topological polar surface area (TPSA) is 79.4 Å². The molecule has 1 N–H and O–H groups in total. The minimum absolute atomic E-state index is 0.105. The van der Waals surface area contributed by atoms with E-state index in [9.17, 15) is 13.2 Å². The van der Waals surface area contributed by atoms with Crippen LogP contribution in [0.4, 0.5) is 5.13 Å². The molecule has 1 aliphatic rings. The van der Waals surface area contributed by atoms with Crippen LogP contribution in [0.25, 0.3) is 10.2 Å². The van der Waals surface area contributed by atoms with E-state index < -0.39 is 15.9 Å². The van der Waals surface area contributed by atoms with E-state index in [4.69, 9.17) is 34.8 Å². The molecule has 1 atom stereocenters. The third kappa shape index (κ3) is 4.30. The van der Waals surface area contributed by atoms with Crippen molar-refractivity contribution in [3.63, 3.8) is 0 Å². The van der Waals surface area contributed by atoms with Crippen LogP contribution >= 0.6 is 46.1 Å². The second kappa shape index (κ2) is 8.61. The van der Waals surface area contributed by atoms with Crippen LogP contribution in [0.5, 0.6) is 0 Å². The van der Waals surface area contributed by atoms with E-state index in [1.54, 1.807) is 12.1 Å². The molecule has 3 aromatic rings. The maximum atomic E-state index is 12.9. The summed E-state index contributed by atoms with van der Waals surface area (Å²) >= 11 is 19.3. The number of rotatable bonds is 4. The first-order valence-corrected chi connectivity index (χ1v) is 12.5. The zero-order valence-corrected chi connectivity index (χ0v) is 19.3. The van der Waals surface area contributed by atoms with Gasteiger partial charge >= 0.3 is 0 Å². The zero-order valence-electron chi connectivity index (χ0n) is 15.4. The van der Waals surface area contributed by atoms with Gasteiger partial charge in [-0.3, -0.25) is 4.79 Å². The highest BCUT2D eigenvalue weighted by molar-refractivity contribution is 7.89. The Kier molecular flexibility index (Phi) is 6.25. The van der Waals surface area contributed by atoms with Crippen molar-refractivity contribution in [2.75, 3.05) is 18.4 Å². The van der Waals surface area contributed by atoms with Crippen molar-refractivity contribution < 1.29 is 13.2 Å². The van der Waals surface area contributed by atoms with E-state index in [1.807, 2.05) is 0 Å². The van der Waals surface area contributed by atoms with Crippen LogP contribution in [0.2, 0.25) is 15.1 Å². The Bertz CT molecular complexity index is 1210.